The van der Waals surface area contributed by atoms with Crippen molar-refractivity contribution in [2.45, 2.75) is 20.8 Å². The maximum Gasteiger partial charge on any atom is 0.208 e. The van der Waals surface area contributed by atoms with Crippen LogP contribution in [0.2, 0.25) is 0 Å². The SMILES string of the molecule is C/C(=N\N=C(/C)C(=O)c1ccccc1)N/N=C(\C)C(=O)c1ccccc1. The first-order valence-corrected chi connectivity index (χ1v) is 8.07. The zero-order chi connectivity index (χ0) is 18.9. The quantitative estimate of drug-likeness (QED) is 0.375. The summed E-state index contributed by atoms with van der Waals surface area (Å²) in [4.78, 5) is 24.4. The molecule has 0 aliphatic heterocycles. The number of amidine groups is 1. The van der Waals surface area contributed by atoms with Gasteiger partial charge in [-0.2, -0.15) is 10.2 Å². The lowest BCUT2D eigenvalue weighted by Gasteiger charge is -2.02. The van der Waals surface area contributed by atoms with E-state index >= 15 is 0 Å². The first kappa shape index (κ1) is 18.9. The molecule has 0 amide bonds. The Bertz CT molecular complexity index is 869. The van der Waals surface area contributed by atoms with Crippen LogP contribution in [0.15, 0.2) is 76.0 Å². The normalized spacial score (nSPS) is 12.7. The number of ketones is 2. The highest BCUT2D eigenvalue weighted by Gasteiger charge is 2.09. The van der Waals surface area contributed by atoms with Crippen molar-refractivity contribution in [3.63, 3.8) is 0 Å². The van der Waals surface area contributed by atoms with E-state index in [-0.39, 0.29) is 17.3 Å². The summed E-state index contributed by atoms with van der Waals surface area (Å²) in [5, 5.41) is 11.9. The molecule has 6 nitrogen and oxygen atoms in total. The van der Waals surface area contributed by atoms with E-state index in [9.17, 15) is 9.59 Å². The maximum absolute atomic E-state index is 12.2. The van der Waals surface area contributed by atoms with Crippen LogP contribution in [0, 0.1) is 0 Å². The van der Waals surface area contributed by atoms with E-state index in [2.05, 4.69) is 20.7 Å². The highest BCUT2D eigenvalue weighted by Crippen LogP contribution is 2.02. The lowest BCUT2D eigenvalue weighted by Crippen LogP contribution is -2.20. The number of rotatable bonds is 6. The summed E-state index contributed by atoms with van der Waals surface area (Å²) < 4.78 is 0. The number of benzene rings is 2. The summed E-state index contributed by atoms with van der Waals surface area (Å²) in [5.74, 6) is -0.00338. The highest BCUT2D eigenvalue weighted by atomic mass is 16.1. The van der Waals surface area contributed by atoms with Crippen molar-refractivity contribution in [3.05, 3.63) is 71.8 Å². The molecule has 0 aliphatic carbocycles. The van der Waals surface area contributed by atoms with Crippen molar-refractivity contribution in [1.82, 2.24) is 5.43 Å². The maximum atomic E-state index is 12.2. The standard InChI is InChI=1S/C20H20N4O2/c1-14(19(25)17-10-6-4-7-11-17)21-23-16(3)24-22-15(2)20(26)18-12-8-5-9-13-18/h4-13H,1-3H3,(H,23,24)/b21-14+,22-15+. The molecule has 0 fully saturated rings. The lowest BCUT2D eigenvalue weighted by atomic mass is 10.1. The topological polar surface area (TPSA) is 83.2 Å². The molecule has 26 heavy (non-hydrogen) atoms. The predicted molar refractivity (Wildman–Crippen MR) is 104 cm³/mol. The van der Waals surface area contributed by atoms with Crippen LogP contribution in [-0.4, -0.2) is 28.8 Å². The molecule has 0 saturated carbocycles. The van der Waals surface area contributed by atoms with Gasteiger partial charge in [-0.05, 0) is 20.8 Å². The first-order chi connectivity index (χ1) is 12.5. The fourth-order valence-electron chi connectivity index (χ4n) is 2.03. The minimum Gasteiger partial charge on any atom is -0.287 e. The Morgan fingerprint density at radius 3 is 1.65 bits per heavy atom. The van der Waals surface area contributed by atoms with Crippen molar-refractivity contribution in [2.24, 2.45) is 15.3 Å². The molecular formula is C20H20N4O2. The van der Waals surface area contributed by atoms with Crippen molar-refractivity contribution in [1.29, 1.82) is 0 Å². The smallest absolute Gasteiger partial charge is 0.208 e. The van der Waals surface area contributed by atoms with Crippen LogP contribution in [0.4, 0.5) is 0 Å². The summed E-state index contributed by atoms with van der Waals surface area (Å²) in [6.07, 6.45) is 0. The zero-order valence-corrected chi connectivity index (χ0v) is 14.9. The number of hydrogen-bond acceptors (Lipinski definition) is 5. The molecule has 1 N–H and O–H groups in total. The van der Waals surface area contributed by atoms with E-state index in [0.29, 0.717) is 22.7 Å². The highest BCUT2D eigenvalue weighted by molar-refractivity contribution is 6.45. The minimum absolute atomic E-state index is 0.176. The van der Waals surface area contributed by atoms with Crippen molar-refractivity contribution in [3.8, 4) is 0 Å². The van der Waals surface area contributed by atoms with Crippen LogP contribution in [0.3, 0.4) is 0 Å². The molecule has 2 rings (SSSR count). The number of carbonyl (C=O) groups is 2. The Hall–Kier alpha value is -3.41. The molecule has 0 unspecified atom stereocenters. The monoisotopic (exact) mass is 348 g/mol. The average molecular weight is 348 g/mol. The van der Waals surface area contributed by atoms with Gasteiger partial charge in [0.05, 0.1) is 0 Å². The fraction of sp³-hybridized carbons (Fsp3) is 0.150. The van der Waals surface area contributed by atoms with Crippen molar-refractivity contribution >= 4 is 28.8 Å². The Balaban J connectivity index is 2.01. The van der Waals surface area contributed by atoms with E-state index in [1.54, 1.807) is 69.3 Å². The molecule has 0 radical (unpaired) electrons. The second-order valence-corrected chi connectivity index (χ2v) is 5.57. The number of nitrogens with zero attached hydrogens (tertiary/aromatic N) is 3. The van der Waals surface area contributed by atoms with Gasteiger partial charge < -0.3 is 0 Å². The second kappa shape index (κ2) is 9.17. The summed E-state index contributed by atoms with van der Waals surface area (Å²) in [6.45, 7) is 4.86. The third-order valence-corrected chi connectivity index (χ3v) is 3.46. The Morgan fingerprint density at radius 2 is 1.15 bits per heavy atom. The van der Waals surface area contributed by atoms with Gasteiger partial charge in [0.1, 0.15) is 17.3 Å². The van der Waals surface area contributed by atoms with E-state index < -0.39 is 0 Å². The van der Waals surface area contributed by atoms with Gasteiger partial charge in [0.15, 0.2) is 0 Å². The number of hydrazone groups is 1. The third kappa shape index (κ3) is 5.31. The molecule has 0 spiro atoms. The first-order valence-electron chi connectivity index (χ1n) is 8.07. The largest absolute Gasteiger partial charge is 0.287 e. The van der Waals surface area contributed by atoms with E-state index in [0.717, 1.165) is 0 Å². The summed E-state index contributed by atoms with van der Waals surface area (Å²) in [5.41, 5.74) is 4.34. The van der Waals surface area contributed by atoms with Gasteiger partial charge in [0, 0.05) is 11.1 Å². The van der Waals surface area contributed by atoms with Crippen LogP contribution in [0.1, 0.15) is 41.5 Å². The van der Waals surface area contributed by atoms with Crippen LogP contribution in [-0.2, 0) is 0 Å². The Morgan fingerprint density at radius 1 is 0.692 bits per heavy atom. The number of Topliss-reactive ketones (excluding diaryl/α,β-unsaturated/α-hetero) is 2. The molecule has 0 aliphatic rings. The van der Waals surface area contributed by atoms with Crippen molar-refractivity contribution < 1.29 is 9.59 Å². The summed E-state index contributed by atoms with van der Waals surface area (Å²) in [7, 11) is 0. The summed E-state index contributed by atoms with van der Waals surface area (Å²) in [6, 6.07) is 17.7. The van der Waals surface area contributed by atoms with Crippen LogP contribution in [0.5, 0.6) is 0 Å². The average Bonchev–Trinajstić information content (AvgIpc) is 2.70. The number of nitrogens with one attached hydrogen (secondary N) is 1. The zero-order valence-electron chi connectivity index (χ0n) is 14.9. The van der Waals surface area contributed by atoms with Gasteiger partial charge in [0.25, 0.3) is 0 Å². The molecule has 0 aromatic heterocycles. The second-order valence-electron chi connectivity index (χ2n) is 5.57. The molecule has 2 aromatic rings. The van der Waals surface area contributed by atoms with E-state index in [1.807, 2.05) is 12.1 Å². The van der Waals surface area contributed by atoms with Gasteiger partial charge in [-0.15, -0.1) is 5.10 Å². The summed E-state index contributed by atoms with van der Waals surface area (Å²) >= 11 is 0. The Labute approximate surface area is 152 Å². The van der Waals surface area contributed by atoms with Gasteiger partial charge in [-0.25, -0.2) is 0 Å². The van der Waals surface area contributed by atoms with E-state index in [1.165, 1.54) is 0 Å². The van der Waals surface area contributed by atoms with Gasteiger partial charge in [-0.1, -0.05) is 60.7 Å². The number of carbonyl (C=O) groups excluding carboxylic acids is 2. The minimum atomic E-state index is -0.193. The molecule has 0 bridgehead atoms. The lowest BCUT2D eigenvalue weighted by molar-refractivity contribution is 0.105. The van der Waals surface area contributed by atoms with Gasteiger partial charge >= 0.3 is 0 Å². The number of hydrogen-bond donors (Lipinski definition) is 1. The van der Waals surface area contributed by atoms with Crippen LogP contribution < -0.4 is 5.43 Å². The molecule has 0 heterocycles. The Kier molecular flexibility index (Phi) is 6.68. The predicted octanol–water partition coefficient (Wildman–Crippen LogP) is 3.51. The molecule has 2 aromatic carbocycles. The molecule has 0 atom stereocenters. The molecule has 132 valence electrons. The van der Waals surface area contributed by atoms with Crippen LogP contribution in [0.25, 0.3) is 0 Å². The van der Waals surface area contributed by atoms with Gasteiger partial charge in [-0.3, -0.25) is 15.0 Å². The molecule has 6 heteroatoms. The molecular weight excluding hydrogens is 328 g/mol. The molecule has 0 saturated heterocycles. The third-order valence-electron chi connectivity index (χ3n) is 3.46. The van der Waals surface area contributed by atoms with Crippen LogP contribution >= 0.6 is 0 Å². The fourth-order valence-corrected chi connectivity index (χ4v) is 2.03. The van der Waals surface area contributed by atoms with Crippen molar-refractivity contribution in [2.75, 3.05) is 0 Å². The van der Waals surface area contributed by atoms with Gasteiger partial charge in [0.2, 0.25) is 11.6 Å². The van der Waals surface area contributed by atoms with E-state index in [4.69, 9.17) is 0 Å².